The number of hydrogen-bond acceptors (Lipinski definition) is 4. The Labute approximate surface area is 148 Å². The molecule has 2 bridgehead atoms. The summed E-state index contributed by atoms with van der Waals surface area (Å²) in [4.78, 5) is 30.5. The Morgan fingerprint density at radius 2 is 1.56 bits per heavy atom. The van der Waals surface area contributed by atoms with Crippen molar-refractivity contribution in [3.8, 4) is 0 Å². The summed E-state index contributed by atoms with van der Waals surface area (Å²) in [5.41, 5.74) is -4.01. The summed E-state index contributed by atoms with van der Waals surface area (Å²) in [7, 11) is 0. The molecule has 5 fully saturated rings. The molecule has 6 nitrogen and oxygen atoms in total. The van der Waals surface area contributed by atoms with Crippen molar-refractivity contribution in [2.75, 3.05) is 13.1 Å². The molecule has 6 atom stereocenters. The highest BCUT2D eigenvalue weighted by Crippen LogP contribution is 2.94. The fourth-order valence-electron chi connectivity index (χ4n) is 7.93. The van der Waals surface area contributed by atoms with E-state index in [0.717, 1.165) is 12.8 Å². The van der Waals surface area contributed by atoms with Crippen molar-refractivity contribution >= 4 is 11.8 Å². The molecule has 0 aromatic rings. The van der Waals surface area contributed by atoms with Gasteiger partial charge in [-0.3, -0.25) is 14.5 Å². The number of nitrogens with zero attached hydrogens (tertiary/aromatic N) is 2. The molecule has 4 aliphatic heterocycles. The molecule has 4 heterocycles. The van der Waals surface area contributed by atoms with Crippen molar-refractivity contribution < 1.29 is 19.4 Å². The van der Waals surface area contributed by atoms with Gasteiger partial charge in [0.2, 0.25) is 11.8 Å². The number of aliphatic hydroxyl groups is 1. The van der Waals surface area contributed by atoms with Gasteiger partial charge in [0.15, 0.2) is 5.72 Å². The summed E-state index contributed by atoms with van der Waals surface area (Å²) < 4.78 is 6.52. The van der Waals surface area contributed by atoms with Gasteiger partial charge in [-0.2, -0.15) is 0 Å². The van der Waals surface area contributed by atoms with Crippen LogP contribution in [0.15, 0.2) is 0 Å². The zero-order valence-corrected chi connectivity index (χ0v) is 15.8. The van der Waals surface area contributed by atoms with Crippen molar-refractivity contribution in [1.29, 1.82) is 0 Å². The molecule has 6 heteroatoms. The van der Waals surface area contributed by atoms with Crippen molar-refractivity contribution in [3.63, 3.8) is 0 Å². The lowest BCUT2D eigenvalue weighted by molar-refractivity contribution is -0.349. The standard InChI is InChI=1S/C19H28N2O4/c1-6-7-9-18-16(4)14(2)12(22)20(18)10-8-11-21-13(23)15(14,3)17(16,5)19(21,24)25-18/h24H,6-11H2,1-5H3/t14-,15+,16-,17+,18?,19?/m0/s1. The Hall–Kier alpha value is -1.14. The van der Waals surface area contributed by atoms with Gasteiger partial charge in [-0.15, -0.1) is 0 Å². The van der Waals surface area contributed by atoms with E-state index in [9.17, 15) is 14.7 Å². The number of fused-ring (bicyclic) bond motifs is 1. The molecule has 4 saturated heterocycles. The third kappa shape index (κ3) is 0.959. The molecular formula is C19H28N2O4. The summed E-state index contributed by atoms with van der Waals surface area (Å²) in [5, 5.41) is 11.7. The van der Waals surface area contributed by atoms with Crippen molar-refractivity contribution in [2.24, 2.45) is 21.7 Å². The van der Waals surface area contributed by atoms with Crippen LogP contribution in [0.1, 0.15) is 60.3 Å². The predicted octanol–water partition coefficient (Wildman–Crippen LogP) is 1.68. The second kappa shape index (κ2) is 3.77. The average molecular weight is 348 g/mol. The minimum atomic E-state index is -1.62. The average Bonchev–Trinajstić information content (AvgIpc) is 2.87. The van der Waals surface area contributed by atoms with Crippen LogP contribution in [-0.2, 0) is 14.3 Å². The Kier molecular flexibility index (Phi) is 2.42. The second-order valence-electron chi connectivity index (χ2n) is 9.37. The summed E-state index contributed by atoms with van der Waals surface area (Å²) in [5.74, 6) is -1.72. The third-order valence-electron chi connectivity index (χ3n) is 9.52. The largest absolute Gasteiger partial charge is 0.348 e. The first-order chi connectivity index (χ1) is 11.6. The maximum Gasteiger partial charge on any atom is 0.260 e. The first-order valence-corrected chi connectivity index (χ1v) is 9.63. The first kappa shape index (κ1) is 16.1. The van der Waals surface area contributed by atoms with E-state index in [2.05, 4.69) is 13.8 Å². The number of amides is 2. The number of carbonyl (C=O) groups excluding carboxylic acids is 2. The molecule has 138 valence electrons. The van der Waals surface area contributed by atoms with Crippen LogP contribution in [0.25, 0.3) is 0 Å². The molecule has 0 radical (unpaired) electrons. The molecule has 0 spiro atoms. The third-order valence-corrected chi connectivity index (χ3v) is 9.52. The van der Waals surface area contributed by atoms with Crippen LogP contribution in [0, 0.1) is 21.7 Å². The van der Waals surface area contributed by atoms with E-state index in [-0.39, 0.29) is 11.8 Å². The summed E-state index contributed by atoms with van der Waals surface area (Å²) in [6.07, 6.45) is 3.30. The van der Waals surface area contributed by atoms with Crippen molar-refractivity contribution in [1.82, 2.24) is 9.80 Å². The van der Waals surface area contributed by atoms with Gasteiger partial charge in [-0.1, -0.05) is 27.2 Å². The van der Waals surface area contributed by atoms with Gasteiger partial charge >= 0.3 is 0 Å². The van der Waals surface area contributed by atoms with Crippen molar-refractivity contribution in [2.45, 2.75) is 71.9 Å². The van der Waals surface area contributed by atoms with E-state index in [4.69, 9.17) is 4.74 Å². The van der Waals surface area contributed by atoms with Crippen LogP contribution in [0.5, 0.6) is 0 Å². The van der Waals surface area contributed by atoms with Gasteiger partial charge in [0.1, 0.15) is 0 Å². The highest BCUT2D eigenvalue weighted by molar-refractivity contribution is 6.03. The van der Waals surface area contributed by atoms with Crippen LogP contribution in [0.4, 0.5) is 0 Å². The topological polar surface area (TPSA) is 70.1 Å². The summed E-state index contributed by atoms with van der Waals surface area (Å²) in [6.45, 7) is 11.0. The molecule has 25 heavy (non-hydrogen) atoms. The van der Waals surface area contributed by atoms with Gasteiger partial charge < -0.3 is 14.7 Å². The van der Waals surface area contributed by atoms with Gasteiger partial charge in [-0.05, 0) is 33.1 Å². The molecule has 1 N–H and O–H groups in total. The van der Waals surface area contributed by atoms with E-state index in [1.807, 2.05) is 25.7 Å². The predicted molar refractivity (Wildman–Crippen MR) is 88.8 cm³/mol. The van der Waals surface area contributed by atoms with Gasteiger partial charge in [0.25, 0.3) is 5.91 Å². The van der Waals surface area contributed by atoms with Crippen LogP contribution in [0.3, 0.4) is 0 Å². The highest BCUT2D eigenvalue weighted by Gasteiger charge is 3.06. The Balaban J connectivity index is 1.88. The number of ether oxygens (including phenoxy) is 1. The molecule has 5 aliphatic rings. The minimum Gasteiger partial charge on any atom is -0.348 e. The molecule has 0 aromatic carbocycles. The zero-order valence-electron chi connectivity index (χ0n) is 15.8. The van der Waals surface area contributed by atoms with Crippen LogP contribution in [-0.4, -0.2) is 51.4 Å². The monoisotopic (exact) mass is 348 g/mol. The smallest absolute Gasteiger partial charge is 0.260 e. The van der Waals surface area contributed by atoms with E-state index in [0.29, 0.717) is 25.9 Å². The molecular weight excluding hydrogens is 320 g/mol. The Bertz CT molecular complexity index is 741. The van der Waals surface area contributed by atoms with E-state index in [1.54, 1.807) is 4.90 Å². The van der Waals surface area contributed by atoms with E-state index < -0.39 is 33.3 Å². The maximum absolute atomic E-state index is 13.6. The number of rotatable bonds is 3. The number of unbranched alkanes of at least 4 members (excludes halogenated alkanes) is 1. The first-order valence-electron chi connectivity index (χ1n) is 9.63. The SMILES string of the molecule is CCCCC12OC3(O)N4CCCN1C(=O)[C@@]1(C)[C@@](C)(C4=O)[C@]3(C)[C@@]21C. The number of carbonyl (C=O) groups is 2. The molecule has 5 rings (SSSR count). The highest BCUT2D eigenvalue weighted by atomic mass is 16.7. The van der Waals surface area contributed by atoms with E-state index in [1.165, 1.54) is 0 Å². The lowest BCUT2D eigenvalue weighted by Gasteiger charge is -2.70. The molecule has 0 aromatic heterocycles. The van der Waals surface area contributed by atoms with Gasteiger partial charge in [0, 0.05) is 18.5 Å². The van der Waals surface area contributed by atoms with Gasteiger partial charge in [-0.25, -0.2) is 0 Å². The molecule has 1 saturated carbocycles. The van der Waals surface area contributed by atoms with E-state index >= 15 is 0 Å². The molecule has 2 amide bonds. The van der Waals surface area contributed by atoms with Crippen LogP contribution >= 0.6 is 0 Å². The van der Waals surface area contributed by atoms with Crippen LogP contribution in [0.2, 0.25) is 0 Å². The zero-order chi connectivity index (χ0) is 18.3. The van der Waals surface area contributed by atoms with Crippen LogP contribution < -0.4 is 0 Å². The maximum atomic E-state index is 13.6. The quantitative estimate of drug-likeness (QED) is 0.842. The molecule has 2 unspecified atom stereocenters. The fourth-order valence-corrected chi connectivity index (χ4v) is 7.93. The Morgan fingerprint density at radius 3 is 2.20 bits per heavy atom. The lowest BCUT2D eigenvalue weighted by Crippen LogP contribution is -2.78. The fraction of sp³-hybridized carbons (Fsp3) is 0.895. The van der Waals surface area contributed by atoms with Crippen molar-refractivity contribution in [3.05, 3.63) is 0 Å². The minimum absolute atomic E-state index is 0.0326. The summed E-state index contributed by atoms with van der Waals surface area (Å²) >= 11 is 0. The van der Waals surface area contributed by atoms with Gasteiger partial charge in [0.05, 0.1) is 16.2 Å². The number of hydrogen-bond donors (Lipinski definition) is 1. The normalized spacial score (nSPS) is 58.0. The summed E-state index contributed by atoms with van der Waals surface area (Å²) in [6, 6.07) is 0. The second-order valence-corrected chi connectivity index (χ2v) is 9.37. The molecule has 1 aliphatic carbocycles. The Morgan fingerprint density at radius 1 is 1.00 bits per heavy atom. The lowest BCUT2D eigenvalue weighted by atomic mass is 9.26.